The average molecular weight is 380 g/mol. The number of benzene rings is 2. The quantitative estimate of drug-likeness (QED) is 0.590. The Bertz CT molecular complexity index is 1090. The van der Waals surface area contributed by atoms with Crippen LogP contribution in [0.2, 0.25) is 0 Å². The van der Waals surface area contributed by atoms with E-state index in [9.17, 15) is 5.26 Å². The van der Waals surface area contributed by atoms with E-state index in [4.69, 9.17) is 10.3 Å². The maximum Gasteiger partial charge on any atom is 0.153 e. The Morgan fingerprint density at radius 3 is 2.52 bits per heavy atom. The number of nitrogens with one attached hydrogen (secondary N) is 1. The van der Waals surface area contributed by atoms with Gasteiger partial charge in [-0.05, 0) is 48.1 Å². The molecule has 0 aliphatic heterocycles. The first kappa shape index (κ1) is 19.0. The number of fused-ring (bicyclic) bond motifs is 1. The predicted molar refractivity (Wildman–Crippen MR) is 116 cm³/mol. The third-order valence-corrected chi connectivity index (χ3v) is 6.09. The minimum Gasteiger partial charge on any atom is -0.361 e. The van der Waals surface area contributed by atoms with Gasteiger partial charge < -0.3 is 4.98 Å². The van der Waals surface area contributed by atoms with Crippen LogP contribution in [0.15, 0.2) is 59.7 Å². The lowest BCUT2D eigenvalue weighted by Gasteiger charge is -2.34. The molecule has 1 heterocycles. The van der Waals surface area contributed by atoms with Crippen LogP contribution in [0.1, 0.15) is 48.8 Å². The third kappa shape index (κ3) is 3.93. The van der Waals surface area contributed by atoms with Crippen molar-refractivity contribution in [3.05, 3.63) is 71.4 Å². The predicted octanol–water partition coefficient (Wildman–Crippen LogP) is 5.54. The Morgan fingerprint density at radius 2 is 1.79 bits per heavy atom. The number of rotatable bonds is 5. The molecule has 4 nitrogen and oxygen atoms in total. The highest BCUT2D eigenvalue weighted by atomic mass is 14.9. The summed E-state index contributed by atoms with van der Waals surface area (Å²) < 4.78 is 0. The van der Waals surface area contributed by atoms with E-state index in [2.05, 4.69) is 29.3 Å². The summed E-state index contributed by atoms with van der Waals surface area (Å²) in [6.45, 7) is 0. The Morgan fingerprint density at radius 1 is 1.03 bits per heavy atom. The molecule has 0 spiro atoms. The fourth-order valence-electron chi connectivity index (χ4n) is 4.44. The van der Waals surface area contributed by atoms with Crippen molar-refractivity contribution >= 4 is 17.1 Å². The van der Waals surface area contributed by atoms with Crippen LogP contribution in [0, 0.1) is 28.6 Å². The molecule has 3 aromatic rings. The SMILES string of the molecule is N#Cc1ccc(C=NC(C#N)(Cc2c[nH]c3ccccc23)C2CCCCC2)cc1. The molecule has 0 radical (unpaired) electrons. The molecule has 1 aromatic heterocycles. The molecule has 1 aliphatic rings. The van der Waals surface area contributed by atoms with Crippen molar-refractivity contribution in [1.82, 2.24) is 4.98 Å². The van der Waals surface area contributed by atoms with Crippen LogP contribution in [0.4, 0.5) is 0 Å². The van der Waals surface area contributed by atoms with Crippen LogP contribution in [-0.2, 0) is 6.42 Å². The minimum atomic E-state index is -0.778. The first-order valence-electron chi connectivity index (χ1n) is 10.3. The van der Waals surface area contributed by atoms with Gasteiger partial charge in [0.1, 0.15) is 0 Å². The summed E-state index contributed by atoms with van der Waals surface area (Å²) in [5, 5.41) is 20.5. The molecule has 4 heteroatoms. The summed E-state index contributed by atoms with van der Waals surface area (Å²) in [6.07, 6.45) is 10.1. The maximum absolute atomic E-state index is 10.3. The van der Waals surface area contributed by atoms with Gasteiger partial charge in [0.05, 0.1) is 17.7 Å². The summed E-state index contributed by atoms with van der Waals surface area (Å²) >= 11 is 0. The fourth-order valence-corrected chi connectivity index (χ4v) is 4.44. The van der Waals surface area contributed by atoms with Gasteiger partial charge in [-0.3, -0.25) is 4.99 Å². The van der Waals surface area contributed by atoms with Crippen LogP contribution >= 0.6 is 0 Å². The molecular weight excluding hydrogens is 356 g/mol. The Kier molecular flexibility index (Phi) is 5.45. The van der Waals surface area contributed by atoms with E-state index >= 15 is 0 Å². The van der Waals surface area contributed by atoms with Crippen LogP contribution in [0.3, 0.4) is 0 Å². The molecular formula is C25H24N4. The van der Waals surface area contributed by atoms with E-state index in [1.54, 1.807) is 12.1 Å². The smallest absolute Gasteiger partial charge is 0.153 e. The first-order chi connectivity index (χ1) is 14.2. The highest BCUT2D eigenvalue weighted by Crippen LogP contribution is 2.38. The van der Waals surface area contributed by atoms with Crippen molar-refractivity contribution in [1.29, 1.82) is 10.5 Å². The van der Waals surface area contributed by atoms with E-state index in [0.29, 0.717) is 12.0 Å². The van der Waals surface area contributed by atoms with E-state index in [0.717, 1.165) is 47.7 Å². The molecule has 4 rings (SSSR count). The van der Waals surface area contributed by atoms with Crippen LogP contribution < -0.4 is 0 Å². The second-order valence-electron chi connectivity index (χ2n) is 7.90. The normalized spacial score (nSPS) is 17.0. The highest BCUT2D eigenvalue weighted by molar-refractivity contribution is 5.84. The molecule has 1 fully saturated rings. The lowest BCUT2D eigenvalue weighted by Crippen LogP contribution is -2.38. The number of aromatic nitrogens is 1. The van der Waals surface area contributed by atoms with Crippen molar-refractivity contribution in [2.45, 2.75) is 44.1 Å². The lowest BCUT2D eigenvalue weighted by molar-refractivity contribution is 0.255. The van der Waals surface area contributed by atoms with Gasteiger partial charge in [0.2, 0.25) is 0 Å². The van der Waals surface area contributed by atoms with Gasteiger partial charge in [-0.2, -0.15) is 10.5 Å². The summed E-state index contributed by atoms with van der Waals surface area (Å²) in [7, 11) is 0. The molecule has 0 saturated heterocycles. The molecule has 29 heavy (non-hydrogen) atoms. The van der Waals surface area contributed by atoms with Crippen molar-refractivity contribution in [3.8, 4) is 12.1 Å². The second kappa shape index (κ2) is 8.33. The van der Waals surface area contributed by atoms with E-state index in [1.165, 1.54) is 6.42 Å². The molecule has 144 valence electrons. The third-order valence-electron chi connectivity index (χ3n) is 6.09. The molecule has 1 aliphatic carbocycles. The zero-order valence-electron chi connectivity index (χ0n) is 16.4. The number of nitriles is 2. The van der Waals surface area contributed by atoms with Crippen LogP contribution in [0.25, 0.3) is 10.9 Å². The molecule has 1 atom stereocenters. The first-order valence-corrected chi connectivity index (χ1v) is 10.3. The fraction of sp³-hybridized carbons (Fsp3) is 0.320. The average Bonchev–Trinajstić information content (AvgIpc) is 3.20. The van der Waals surface area contributed by atoms with E-state index in [-0.39, 0.29) is 5.92 Å². The van der Waals surface area contributed by atoms with Gasteiger partial charge in [-0.25, -0.2) is 0 Å². The van der Waals surface area contributed by atoms with Crippen LogP contribution in [-0.4, -0.2) is 16.7 Å². The van der Waals surface area contributed by atoms with Gasteiger partial charge in [-0.15, -0.1) is 0 Å². The van der Waals surface area contributed by atoms with Crippen molar-refractivity contribution in [3.63, 3.8) is 0 Å². The number of para-hydroxylation sites is 1. The minimum absolute atomic E-state index is 0.254. The second-order valence-corrected chi connectivity index (χ2v) is 7.90. The molecule has 0 amide bonds. The van der Waals surface area contributed by atoms with E-state index < -0.39 is 5.54 Å². The Balaban J connectivity index is 1.71. The number of H-pyrrole nitrogens is 1. The molecule has 1 N–H and O–H groups in total. The van der Waals surface area contributed by atoms with Gasteiger partial charge >= 0.3 is 0 Å². The van der Waals surface area contributed by atoms with Gasteiger partial charge in [0, 0.05) is 29.7 Å². The Hall–Kier alpha value is -3.37. The summed E-state index contributed by atoms with van der Waals surface area (Å²) in [5.74, 6) is 0.254. The highest BCUT2D eigenvalue weighted by Gasteiger charge is 2.39. The lowest BCUT2D eigenvalue weighted by atomic mass is 9.72. The number of aliphatic imine (C=N–C) groups is 1. The molecule has 1 unspecified atom stereocenters. The summed E-state index contributed by atoms with van der Waals surface area (Å²) in [4.78, 5) is 8.25. The number of nitrogens with zero attached hydrogens (tertiary/aromatic N) is 3. The van der Waals surface area contributed by atoms with E-state index in [1.807, 2.05) is 36.7 Å². The zero-order chi connectivity index (χ0) is 20.1. The molecule has 2 aromatic carbocycles. The summed E-state index contributed by atoms with van der Waals surface area (Å²) in [5.41, 5.74) is 3.00. The van der Waals surface area contributed by atoms with Gasteiger partial charge in [0.25, 0.3) is 0 Å². The van der Waals surface area contributed by atoms with Crippen molar-refractivity contribution in [2.24, 2.45) is 10.9 Å². The van der Waals surface area contributed by atoms with Crippen molar-refractivity contribution < 1.29 is 0 Å². The number of hydrogen-bond acceptors (Lipinski definition) is 3. The standard InChI is InChI=1S/C25H24N4/c26-15-19-10-12-20(13-11-19)16-29-25(18-27,22-6-2-1-3-7-22)14-21-17-28-24-9-5-4-8-23(21)24/h4-5,8-13,16-17,22,28H,1-3,6-7,14H2. The van der Waals surface area contributed by atoms with Gasteiger partial charge in [0.15, 0.2) is 5.54 Å². The number of hydrogen-bond donors (Lipinski definition) is 1. The largest absolute Gasteiger partial charge is 0.361 e. The molecule has 0 bridgehead atoms. The van der Waals surface area contributed by atoms with Crippen LogP contribution in [0.5, 0.6) is 0 Å². The Labute approximate surface area is 171 Å². The zero-order valence-corrected chi connectivity index (χ0v) is 16.4. The maximum atomic E-state index is 10.3. The molecule has 1 saturated carbocycles. The van der Waals surface area contributed by atoms with Gasteiger partial charge in [-0.1, -0.05) is 49.6 Å². The number of aromatic amines is 1. The topological polar surface area (TPSA) is 75.7 Å². The monoisotopic (exact) mass is 380 g/mol. The van der Waals surface area contributed by atoms with Crippen molar-refractivity contribution in [2.75, 3.05) is 0 Å². The summed E-state index contributed by atoms with van der Waals surface area (Å²) in [6, 6.07) is 20.3.